The second-order valence-electron chi connectivity index (χ2n) is 6.81. The van der Waals surface area contributed by atoms with Crippen molar-refractivity contribution >= 4 is 12.3 Å². The third kappa shape index (κ3) is 5.66. The van der Waals surface area contributed by atoms with Crippen LogP contribution in [0.25, 0.3) is 0 Å². The van der Waals surface area contributed by atoms with Gasteiger partial charge in [-0.3, -0.25) is 9.59 Å². The minimum Gasteiger partial charge on any atom is -0.345 e. The molecule has 0 aliphatic heterocycles. The number of nitrogens with zero attached hydrogens (tertiary/aromatic N) is 2. The van der Waals surface area contributed by atoms with Crippen molar-refractivity contribution in [3.63, 3.8) is 0 Å². The first-order valence-electron chi connectivity index (χ1n) is 9.58. The molecule has 2 amide bonds. The Hall–Kier alpha value is -2.65. The molecule has 1 aromatic carbocycles. The second-order valence-corrected chi connectivity index (χ2v) is 6.81. The van der Waals surface area contributed by atoms with Crippen LogP contribution in [-0.4, -0.2) is 30.3 Å². The molecule has 6 heteroatoms. The number of rotatable bonds is 9. The first-order chi connectivity index (χ1) is 13.1. The molecule has 6 nitrogen and oxygen atoms in total. The van der Waals surface area contributed by atoms with Crippen molar-refractivity contribution in [1.29, 1.82) is 5.26 Å². The number of fused-ring (bicyclic) bond motifs is 1. The molecule has 144 valence electrons. The summed E-state index contributed by atoms with van der Waals surface area (Å²) in [6, 6.07) is 8.11. The lowest BCUT2D eigenvalue weighted by atomic mass is 9.88. The molecule has 1 unspecified atom stereocenters. The Morgan fingerprint density at radius 2 is 2.11 bits per heavy atom. The quantitative estimate of drug-likeness (QED) is 0.397. The largest absolute Gasteiger partial charge is 0.345 e. The zero-order valence-corrected chi connectivity index (χ0v) is 15.9. The maximum Gasteiger partial charge on any atom is 0.263 e. The van der Waals surface area contributed by atoms with Crippen molar-refractivity contribution in [2.24, 2.45) is 5.73 Å². The van der Waals surface area contributed by atoms with Crippen LogP contribution in [0.1, 0.15) is 55.3 Å². The highest BCUT2D eigenvalue weighted by atomic mass is 16.2. The summed E-state index contributed by atoms with van der Waals surface area (Å²) < 4.78 is 0. The third-order valence-electron chi connectivity index (χ3n) is 4.90. The molecule has 0 saturated carbocycles. The van der Waals surface area contributed by atoms with Crippen LogP contribution in [0.2, 0.25) is 0 Å². The number of nitrogens with two attached hydrogens (primary N) is 1. The van der Waals surface area contributed by atoms with Crippen molar-refractivity contribution in [3.05, 3.63) is 46.7 Å². The number of aryl methyl sites for hydroxylation is 2. The first kappa shape index (κ1) is 20.7. The van der Waals surface area contributed by atoms with E-state index in [-0.39, 0.29) is 11.6 Å². The van der Waals surface area contributed by atoms with E-state index in [2.05, 4.69) is 23.5 Å². The number of carbonyl (C=O) groups excluding carboxylic acids is 2. The van der Waals surface area contributed by atoms with Gasteiger partial charge in [0.1, 0.15) is 11.6 Å². The monoisotopic (exact) mass is 368 g/mol. The zero-order chi connectivity index (χ0) is 19.6. The van der Waals surface area contributed by atoms with Crippen LogP contribution >= 0.6 is 0 Å². The normalized spacial score (nSPS) is 14.6. The third-order valence-corrected chi connectivity index (χ3v) is 4.90. The molecule has 27 heavy (non-hydrogen) atoms. The average Bonchev–Trinajstić information content (AvgIpc) is 2.71. The fourth-order valence-electron chi connectivity index (χ4n) is 3.35. The molecule has 0 bridgehead atoms. The summed E-state index contributed by atoms with van der Waals surface area (Å²) in [6.07, 6.45) is 7.82. The second kappa shape index (κ2) is 10.5. The number of hydrogen-bond acceptors (Lipinski definition) is 4. The van der Waals surface area contributed by atoms with Crippen molar-refractivity contribution in [3.8, 4) is 6.07 Å². The van der Waals surface area contributed by atoms with E-state index in [9.17, 15) is 14.9 Å². The van der Waals surface area contributed by atoms with Gasteiger partial charge in [0.05, 0.1) is 6.04 Å². The number of carbonyl (C=O) groups is 2. The van der Waals surface area contributed by atoms with Gasteiger partial charge in [-0.1, -0.05) is 25.1 Å². The Morgan fingerprint density at radius 1 is 1.37 bits per heavy atom. The standard InChI is InChI=1S/C21H28N4O2/c1-2-20(18-9-8-16-6-3-4-7-17(16)12-18)24-21(27)19(13-23)14-25(15-26)11-5-10-22/h8-9,12,14-15,20H,2-7,10-11,22H2,1H3,(H,24,27)/b19-14-. The van der Waals surface area contributed by atoms with Gasteiger partial charge in [-0.2, -0.15) is 5.26 Å². The molecule has 0 heterocycles. The maximum absolute atomic E-state index is 12.6. The summed E-state index contributed by atoms with van der Waals surface area (Å²) in [4.78, 5) is 25.0. The Morgan fingerprint density at radius 3 is 2.74 bits per heavy atom. The summed E-state index contributed by atoms with van der Waals surface area (Å²) in [5.74, 6) is -0.471. The summed E-state index contributed by atoms with van der Waals surface area (Å²) in [5.41, 5.74) is 9.16. The molecule has 2 rings (SSSR count). The van der Waals surface area contributed by atoms with E-state index >= 15 is 0 Å². The molecule has 0 spiro atoms. The predicted molar refractivity (Wildman–Crippen MR) is 104 cm³/mol. The minimum atomic E-state index is -0.471. The van der Waals surface area contributed by atoms with Crippen molar-refractivity contribution in [1.82, 2.24) is 10.2 Å². The Kier molecular flexibility index (Phi) is 8.02. The molecule has 0 radical (unpaired) electrons. The lowest BCUT2D eigenvalue weighted by Gasteiger charge is -2.22. The highest BCUT2D eigenvalue weighted by Crippen LogP contribution is 2.26. The van der Waals surface area contributed by atoms with Gasteiger partial charge in [0.25, 0.3) is 5.91 Å². The van der Waals surface area contributed by atoms with Crippen LogP contribution in [0.4, 0.5) is 0 Å². The molecule has 0 saturated heterocycles. The molecule has 1 aliphatic rings. The van der Waals surface area contributed by atoms with Gasteiger partial charge in [-0.05, 0) is 61.8 Å². The summed E-state index contributed by atoms with van der Waals surface area (Å²) in [6.45, 7) is 2.81. The van der Waals surface area contributed by atoms with Gasteiger partial charge in [-0.15, -0.1) is 0 Å². The molecule has 1 aliphatic carbocycles. The molecular weight excluding hydrogens is 340 g/mol. The number of benzene rings is 1. The molecule has 0 aromatic heterocycles. The number of nitriles is 1. The minimum absolute atomic E-state index is 0.0875. The van der Waals surface area contributed by atoms with E-state index < -0.39 is 5.91 Å². The van der Waals surface area contributed by atoms with Gasteiger partial charge in [0.15, 0.2) is 0 Å². The number of hydrogen-bond donors (Lipinski definition) is 2. The smallest absolute Gasteiger partial charge is 0.263 e. The predicted octanol–water partition coefficient (Wildman–Crippen LogP) is 2.35. The lowest BCUT2D eigenvalue weighted by Crippen LogP contribution is -2.30. The number of amides is 2. The Labute approximate surface area is 161 Å². The molecule has 0 fully saturated rings. The average molecular weight is 368 g/mol. The first-order valence-corrected chi connectivity index (χ1v) is 9.58. The fraction of sp³-hybridized carbons (Fsp3) is 0.476. The van der Waals surface area contributed by atoms with Crippen LogP contribution in [-0.2, 0) is 22.4 Å². The molecule has 1 atom stereocenters. The van der Waals surface area contributed by atoms with E-state index in [0.29, 0.717) is 32.3 Å². The fourth-order valence-corrected chi connectivity index (χ4v) is 3.35. The van der Waals surface area contributed by atoms with Gasteiger partial charge >= 0.3 is 0 Å². The summed E-state index contributed by atoms with van der Waals surface area (Å²) in [5, 5.41) is 12.3. The molecule has 3 N–H and O–H groups in total. The van der Waals surface area contributed by atoms with Crippen molar-refractivity contribution in [2.45, 2.75) is 51.5 Å². The Balaban J connectivity index is 2.13. The van der Waals surface area contributed by atoms with Gasteiger partial charge in [0, 0.05) is 12.7 Å². The SMILES string of the molecule is CCC(NC(=O)/C(C#N)=C\N(C=O)CCCN)c1ccc2c(c1)CCCC2. The van der Waals surface area contributed by atoms with E-state index in [1.807, 2.05) is 13.0 Å². The van der Waals surface area contributed by atoms with E-state index in [1.165, 1.54) is 35.1 Å². The molecule has 1 aromatic rings. The van der Waals surface area contributed by atoms with E-state index in [0.717, 1.165) is 18.4 Å². The highest BCUT2D eigenvalue weighted by Gasteiger charge is 2.19. The van der Waals surface area contributed by atoms with Crippen molar-refractivity contribution < 1.29 is 9.59 Å². The van der Waals surface area contributed by atoms with E-state index in [1.54, 1.807) is 0 Å². The van der Waals surface area contributed by atoms with Gasteiger partial charge < -0.3 is 16.0 Å². The van der Waals surface area contributed by atoms with Crippen LogP contribution in [0.15, 0.2) is 30.0 Å². The molecular formula is C21H28N4O2. The summed E-state index contributed by atoms with van der Waals surface area (Å²) in [7, 11) is 0. The number of nitrogens with one attached hydrogen (secondary N) is 1. The van der Waals surface area contributed by atoms with Gasteiger partial charge in [0.2, 0.25) is 6.41 Å². The van der Waals surface area contributed by atoms with Gasteiger partial charge in [-0.25, -0.2) is 0 Å². The van der Waals surface area contributed by atoms with Crippen LogP contribution in [0.5, 0.6) is 0 Å². The van der Waals surface area contributed by atoms with E-state index in [4.69, 9.17) is 5.73 Å². The van der Waals surface area contributed by atoms with Crippen LogP contribution < -0.4 is 11.1 Å². The lowest BCUT2D eigenvalue weighted by molar-refractivity contribution is -0.118. The topological polar surface area (TPSA) is 99.2 Å². The van der Waals surface area contributed by atoms with Crippen LogP contribution in [0, 0.1) is 11.3 Å². The zero-order valence-electron chi connectivity index (χ0n) is 15.9. The highest BCUT2D eigenvalue weighted by molar-refractivity contribution is 5.97. The van der Waals surface area contributed by atoms with Crippen molar-refractivity contribution in [2.75, 3.05) is 13.1 Å². The van der Waals surface area contributed by atoms with Crippen LogP contribution in [0.3, 0.4) is 0 Å². The Bertz CT molecular complexity index is 736. The summed E-state index contributed by atoms with van der Waals surface area (Å²) >= 11 is 0. The maximum atomic E-state index is 12.6.